The summed E-state index contributed by atoms with van der Waals surface area (Å²) in [5.41, 5.74) is 3.72. The summed E-state index contributed by atoms with van der Waals surface area (Å²) in [6, 6.07) is 22.1. The van der Waals surface area contributed by atoms with Gasteiger partial charge in [-0.25, -0.2) is 9.37 Å². The summed E-state index contributed by atoms with van der Waals surface area (Å²) in [4.78, 5) is 19.9. The Hall–Kier alpha value is -3.22. The van der Waals surface area contributed by atoms with Gasteiger partial charge in [-0.15, -0.1) is 0 Å². The molecule has 5 rings (SSSR count). The number of fused-ring (bicyclic) bond motifs is 1. The van der Waals surface area contributed by atoms with Crippen molar-refractivity contribution in [2.24, 2.45) is 5.92 Å². The number of halogens is 2. The normalized spacial score (nSPS) is 15.0. The van der Waals surface area contributed by atoms with E-state index in [2.05, 4.69) is 14.8 Å². The summed E-state index contributed by atoms with van der Waals surface area (Å²) in [5, 5.41) is 3.71. The van der Waals surface area contributed by atoms with Crippen LogP contribution in [0.25, 0.3) is 16.7 Å². The molecule has 1 fully saturated rings. The van der Waals surface area contributed by atoms with Crippen LogP contribution in [0.5, 0.6) is 0 Å². The molecule has 0 saturated carbocycles. The van der Waals surface area contributed by atoms with Gasteiger partial charge in [0.05, 0.1) is 17.6 Å². The minimum atomic E-state index is -0.260. The molecule has 1 aromatic heterocycles. The zero-order chi connectivity index (χ0) is 23.5. The molecule has 1 N–H and O–H groups in total. The molecule has 5 nitrogen and oxygen atoms in total. The Morgan fingerprint density at radius 3 is 2.47 bits per heavy atom. The van der Waals surface area contributed by atoms with E-state index in [0.717, 1.165) is 54.0 Å². The Bertz CT molecular complexity index is 1300. The number of para-hydroxylation sites is 2. The molecule has 1 aliphatic heterocycles. The van der Waals surface area contributed by atoms with Gasteiger partial charge in [-0.2, -0.15) is 0 Å². The second-order valence-electron chi connectivity index (χ2n) is 8.69. The third-order valence-electron chi connectivity index (χ3n) is 6.45. The van der Waals surface area contributed by atoms with Crippen LogP contribution in [-0.2, 0) is 17.9 Å². The van der Waals surface area contributed by atoms with Crippen LogP contribution in [0.3, 0.4) is 0 Å². The number of rotatable bonds is 6. The number of benzene rings is 3. The predicted molar refractivity (Wildman–Crippen MR) is 132 cm³/mol. The van der Waals surface area contributed by atoms with Crippen molar-refractivity contribution >= 4 is 28.5 Å². The number of aromatic nitrogens is 2. The van der Waals surface area contributed by atoms with E-state index >= 15 is 0 Å². The van der Waals surface area contributed by atoms with Crippen molar-refractivity contribution < 1.29 is 9.18 Å². The fourth-order valence-electron chi connectivity index (χ4n) is 4.58. The maximum atomic E-state index is 13.5. The molecular weight excluding hydrogens is 451 g/mol. The molecule has 0 radical (unpaired) electrons. The number of carbonyl (C=O) groups excluding carboxylic acids is 1. The average molecular weight is 477 g/mol. The van der Waals surface area contributed by atoms with Crippen LogP contribution in [0.15, 0.2) is 72.8 Å². The van der Waals surface area contributed by atoms with Crippen LogP contribution >= 0.6 is 11.6 Å². The van der Waals surface area contributed by atoms with Crippen molar-refractivity contribution in [3.05, 3.63) is 95.0 Å². The lowest BCUT2D eigenvalue weighted by Crippen LogP contribution is -2.40. The number of amides is 1. The van der Waals surface area contributed by atoms with Gasteiger partial charge < -0.3 is 5.32 Å². The standard InChI is InChI=1S/C27H26ClFN4O/c28-23-6-2-1-5-20(23)17-30-27(34)19-13-15-32(16-14-19)18-26-31-24-7-3-4-8-25(24)33(26)22-11-9-21(29)10-12-22/h1-12,19H,13-18H2,(H,30,34). The van der Waals surface area contributed by atoms with Crippen LogP contribution in [-0.4, -0.2) is 33.4 Å². The maximum absolute atomic E-state index is 13.5. The zero-order valence-electron chi connectivity index (χ0n) is 18.8. The monoisotopic (exact) mass is 476 g/mol. The van der Waals surface area contributed by atoms with Gasteiger partial charge in [-0.1, -0.05) is 41.9 Å². The average Bonchev–Trinajstić information content (AvgIpc) is 3.22. The minimum absolute atomic E-state index is 0.00495. The molecule has 0 unspecified atom stereocenters. The van der Waals surface area contributed by atoms with Gasteiger partial charge in [0.25, 0.3) is 0 Å². The van der Waals surface area contributed by atoms with Crippen molar-refractivity contribution in [2.75, 3.05) is 13.1 Å². The molecule has 1 aliphatic rings. The number of likely N-dealkylation sites (tertiary alicyclic amines) is 1. The summed E-state index contributed by atoms with van der Waals surface area (Å²) in [7, 11) is 0. The van der Waals surface area contributed by atoms with Crippen LogP contribution < -0.4 is 5.32 Å². The summed E-state index contributed by atoms with van der Waals surface area (Å²) in [5.74, 6) is 0.729. The molecule has 0 atom stereocenters. The van der Waals surface area contributed by atoms with E-state index in [4.69, 9.17) is 16.6 Å². The topological polar surface area (TPSA) is 50.2 Å². The zero-order valence-corrected chi connectivity index (χ0v) is 19.5. The van der Waals surface area contributed by atoms with Gasteiger partial charge in [0.15, 0.2) is 0 Å². The molecule has 1 amide bonds. The van der Waals surface area contributed by atoms with Crippen LogP contribution in [0.4, 0.5) is 4.39 Å². The molecule has 7 heteroatoms. The van der Waals surface area contributed by atoms with Gasteiger partial charge in [0.2, 0.25) is 5.91 Å². The molecule has 1 saturated heterocycles. The molecule has 0 aliphatic carbocycles. The first-order chi connectivity index (χ1) is 16.6. The first-order valence-corrected chi connectivity index (χ1v) is 11.9. The van der Waals surface area contributed by atoms with E-state index in [9.17, 15) is 9.18 Å². The molecule has 34 heavy (non-hydrogen) atoms. The minimum Gasteiger partial charge on any atom is -0.352 e. The number of hydrogen-bond donors (Lipinski definition) is 1. The lowest BCUT2D eigenvalue weighted by molar-refractivity contribution is -0.126. The number of nitrogens with one attached hydrogen (secondary N) is 1. The Labute approximate surface area is 203 Å². The van der Waals surface area contributed by atoms with Gasteiger partial charge in [0, 0.05) is 23.2 Å². The van der Waals surface area contributed by atoms with Gasteiger partial charge in [-0.05, 0) is 74.0 Å². The number of hydrogen-bond acceptors (Lipinski definition) is 3. The summed E-state index contributed by atoms with van der Waals surface area (Å²) >= 11 is 6.20. The molecule has 0 bridgehead atoms. The van der Waals surface area contributed by atoms with Crippen LogP contribution in [0.2, 0.25) is 5.02 Å². The first-order valence-electron chi connectivity index (χ1n) is 11.5. The van der Waals surface area contributed by atoms with Crippen molar-refractivity contribution in [1.29, 1.82) is 0 Å². The second-order valence-corrected chi connectivity index (χ2v) is 9.10. The number of piperidine rings is 1. The van der Waals surface area contributed by atoms with Gasteiger partial charge in [0.1, 0.15) is 11.6 Å². The first kappa shape index (κ1) is 22.6. The SMILES string of the molecule is O=C(NCc1ccccc1Cl)C1CCN(Cc2nc3ccccc3n2-c2ccc(F)cc2)CC1. The largest absolute Gasteiger partial charge is 0.352 e. The molecule has 174 valence electrons. The quantitative estimate of drug-likeness (QED) is 0.408. The highest BCUT2D eigenvalue weighted by Crippen LogP contribution is 2.25. The molecule has 0 spiro atoms. The van der Waals surface area contributed by atoms with E-state index in [1.807, 2.05) is 48.5 Å². The van der Waals surface area contributed by atoms with Crippen LogP contribution in [0, 0.1) is 11.7 Å². The number of nitrogens with zero attached hydrogens (tertiary/aromatic N) is 3. The highest BCUT2D eigenvalue weighted by Gasteiger charge is 2.26. The number of imidazole rings is 1. The summed E-state index contributed by atoms with van der Waals surface area (Å²) in [6.45, 7) is 2.74. The molecule has 2 heterocycles. The predicted octanol–water partition coefficient (Wildman–Crippen LogP) is 5.35. The Balaban J connectivity index is 1.25. The smallest absolute Gasteiger partial charge is 0.223 e. The third kappa shape index (κ3) is 4.83. The third-order valence-corrected chi connectivity index (χ3v) is 6.82. The van der Waals surface area contributed by atoms with E-state index < -0.39 is 0 Å². The lowest BCUT2D eigenvalue weighted by Gasteiger charge is -2.31. The highest BCUT2D eigenvalue weighted by molar-refractivity contribution is 6.31. The van der Waals surface area contributed by atoms with E-state index in [0.29, 0.717) is 18.1 Å². The Morgan fingerprint density at radius 2 is 1.71 bits per heavy atom. The second kappa shape index (κ2) is 9.95. The highest BCUT2D eigenvalue weighted by atomic mass is 35.5. The fourth-order valence-corrected chi connectivity index (χ4v) is 4.78. The summed E-state index contributed by atoms with van der Waals surface area (Å²) in [6.07, 6.45) is 1.59. The maximum Gasteiger partial charge on any atom is 0.223 e. The van der Waals surface area contributed by atoms with E-state index in [-0.39, 0.29) is 17.6 Å². The fraction of sp³-hybridized carbons (Fsp3) is 0.259. The molecule has 3 aromatic carbocycles. The van der Waals surface area contributed by atoms with Gasteiger partial charge >= 0.3 is 0 Å². The molecular formula is C27H26ClFN4O. The van der Waals surface area contributed by atoms with E-state index in [1.165, 1.54) is 12.1 Å². The van der Waals surface area contributed by atoms with Crippen molar-refractivity contribution in [3.8, 4) is 5.69 Å². The lowest BCUT2D eigenvalue weighted by atomic mass is 9.96. The van der Waals surface area contributed by atoms with Crippen molar-refractivity contribution in [2.45, 2.75) is 25.9 Å². The van der Waals surface area contributed by atoms with Crippen molar-refractivity contribution in [3.63, 3.8) is 0 Å². The molecule has 4 aromatic rings. The Morgan fingerprint density at radius 1 is 1.00 bits per heavy atom. The van der Waals surface area contributed by atoms with Gasteiger partial charge in [-0.3, -0.25) is 14.3 Å². The van der Waals surface area contributed by atoms with Crippen molar-refractivity contribution in [1.82, 2.24) is 19.8 Å². The summed E-state index contributed by atoms with van der Waals surface area (Å²) < 4.78 is 15.6. The van der Waals surface area contributed by atoms with Crippen LogP contribution in [0.1, 0.15) is 24.2 Å². The Kier molecular flexibility index (Phi) is 6.61. The van der Waals surface area contributed by atoms with E-state index in [1.54, 1.807) is 12.1 Å². The number of carbonyl (C=O) groups is 1.